The van der Waals surface area contributed by atoms with E-state index >= 15 is 0 Å². The molecule has 37 heavy (non-hydrogen) atoms. The van der Waals surface area contributed by atoms with Gasteiger partial charge in [-0.3, -0.25) is 0 Å². The maximum absolute atomic E-state index is 9.30. The zero-order valence-electron chi connectivity index (χ0n) is 21.3. The normalized spacial score (nSPS) is 14.0. The van der Waals surface area contributed by atoms with E-state index < -0.39 is 0 Å². The smallest absolute Gasteiger partial charge is 0.115 e. The molecule has 1 saturated heterocycles. The fourth-order valence-electron chi connectivity index (χ4n) is 3.59. The second-order valence-corrected chi connectivity index (χ2v) is 9.80. The van der Waals surface area contributed by atoms with Crippen LogP contribution in [0, 0.1) is 0 Å². The van der Waals surface area contributed by atoms with Gasteiger partial charge >= 0.3 is 0 Å². The first-order valence-corrected chi connectivity index (χ1v) is 12.7. The number of epoxide rings is 1. The van der Waals surface area contributed by atoms with Gasteiger partial charge in [-0.25, -0.2) is 0 Å². The highest BCUT2D eigenvalue weighted by Crippen LogP contribution is 2.32. The van der Waals surface area contributed by atoms with Gasteiger partial charge in [0, 0.05) is 16.8 Å². The van der Waals surface area contributed by atoms with Crippen molar-refractivity contribution in [2.75, 3.05) is 24.0 Å². The van der Waals surface area contributed by atoms with Crippen LogP contribution in [0.4, 0.5) is 11.4 Å². The van der Waals surface area contributed by atoms with Crippen molar-refractivity contribution in [1.29, 1.82) is 0 Å². The van der Waals surface area contributed by atoms with Crippen LogP contribution in [-0.2, 0) is 16.6 Å². The van der Waals surface area contributed by atoms with Gasteiger partial charge in [-0.1, -0.05) is 62.4 Å². The first-order valence-electron chi connectivity index (χ1n) is 12.1. The summed E-state index contributed by atoms with van der Waals surface area (Å²) in [5.74, 6) is 1.21. The molecule has 0 aromatic heterocycles. The largest absolute Gasteiger partial charge is 0.508 e. The Labute approximate surface area is 224 Å². The van der Waals surface area contributed by atoms with Gasteiger partial charge in [0.25, 0.3) is 0 Å². The van der Waals surface area contributed by atoms with Crippen LogP contribution in [0.25, 0.3) is 0 Å². The Bertz CT molecular complexity index is 1130. The van der Waals surface area contributed by atoms with Gasteiger partial charge in [0.2, 0.25) is 0 Å². The maximum atomic E-state index is 9.30. The van der Waals surface area contributed by atoms with Crippen molar-refractivity contribution < 1.29 is 14.9 Å². The topological polar surface area (TPSA) is 105 Å². The van der Waals surface area contributed by atoms with Crippen molar-refractivity contribution in [2.45, 2.75) is 31.8 Å². The number of benzene rings is 4. The fourth-order valence-corrected chi connectivity index (χ4v) is 3.76. The molecule has 5 rings (SSSR count). The lowest BCUT2D eigenvalue weighted by Gasteiger charge is -2.26. The monoisotopic (exact) mass is 518 g/mol. The molecular formula is C31H35ClN2O3. The first kappa shape index (κ1) is 27.9. The molecule has 4 aromatic rings. The van der Waals surface area contributed by atoms with Crippen LogP contribution in [-0.4, -0.2) is 28.8 Å². The molecule has 4 aromatic carbocycles. The number of halogens is 1. The van der Waals surface area contributed by atoms with Crippen molar-refractivity contribution in [3.05, 3.63) is 119 Å². The summed E-state index contributed by atoms with van der Waals surface area (Å²) in [5, 5.41) is 18.6. The molecule has 1 unspecified atom stereocenters. The van der Waals surface area contributed by atoms with Gasteiger partial charge in [-0.05, 0) is 77.2 Å². The molecule has 1 aliphatic heterocycles. The third-order valence-corrected chi connectivity index (χ3v) is 6.46. The Hall–Kier alpha value is -3.67. The molecular weight excluding hydrogens is 484 g/mol. The van der Waals surface area contributed by atoms with Gasteiger partial charge in [0.05, 0.1) is 18.6 Å². The highest BCUT2D eigenvalue weighted by molar-refractivity contribution is 6.18. The van der Waals surface area contributed by atoms with E-state index in [9.17, 15) is 10.2 Å². The van der Waals surface area contributed by atoms with E-state index in [4.69, 9.17) is 27.8 Å². The third kappa shape index (κ3) is 9.05. The summed E-state index contributed by atoms with van der Waals surface area (Å²) in [4.78, 5) is 0. The number of hydrogen-bond acceptors (Lipinski definition) is 5. The van der Waals surface area contributed by atoms with E-state index in [1.165, 1.54) is 11.1 Å². The maximum Gasteiger partial charge on any atom is 0.115 e. The first-order chi connectivity index (χ1) is 17.7. The standard InChI is InChI=1S/C15H16O2.C13H14N2.C3H5ClO/c1-15(2,11-3-7-13(16)8-4-11)12-5-9-14(17)10-6-12;14-12-5-1-10(2-6-12)9-11-3-7-13(15)8-4-11;4-1-3-2-5-3/h3-10,16-17H,1-2H3;1-8H,9,14-15H2;3H,1-2H2. The lowest BCUT2D eigenvalue weighted by Crippen LogP contribution is -2.18. The van der Waals surface area contributed by atoms with Crippen LogP contribution in [0.5, 0.6) is 11.5 Å². The third-order valence-electron chi connectivity index (χ3n) is 6.12. The van der Waals surface area contributed by atoms with E-state index in [1.807, 2.05) is 72.8 Å². The van der Waals surface area contributed by atoms with Crippen LogP contribution >= 0.6 is 11.6 Å². The molecule has 1 fully saturated rings. The number of nitrogen functional groups attached to an aromatic ring is 2. The molecule has 0 saturated carbocycles. The molecule has 6 N–H and O–H groups in total. The molecule has 0 amide bonds. The average molecular weight is 519 g/mol. The number of anilines is 2. The SMILES string of the molecule is CC(C)(c1ccc(O)cc1)c1ccc(O)cc1.ClCC1CO1.Nc1ccc(Cc2ccc(N)cc2)cc1. The van der Waals surface area contributed by atoms with E-state index in [0.29, 0.717) is 12.0 Å². The molecule has 5 nitrogen and oxygen atoms in total. The average Bonchev–Trinajstić information content (AvgIpc) is 3.73. The van der Waals surface area contributed by atoms with Crippen molar-refractivity contribution in [3.63, 3.8) is 0 Å². The van der Waals surface area contributed by atoms with Crippen LogP contribution in [0.3, 0.4) is 0 Å². The summed E-state index contributed by atoms with van der Waals surface area (Å²) in [5.41, 5.74) is 17.5. The highest BCUT2D eigenvalue weighted by Gasteiger charge is 2.22. The fraction of sp³-hybridized carbons (Fsp3) is 0.226. The molecule has 1 atom stereocenters. The van der Waals surface area contributed by atoms with Gasteiger partial charge in [0.15, 0.2) is 0 Å². The Morgan fingerprint density at radius 1 is 0.703 bits per heavy atom. The second-order valence-electron chi connectivity index (χ2n) is 9.49. The predicted molar refractivity (Wildman–Crippen MR) is 153 cm³/mol. The lowest BCUT2D eigenvalue weighted by molar-refractivity contribution is 0.425. The molecule has 0 spiro atoms. The summed E-state index contributed by atoms with van der Waals surface area (Å²) < 4.78 is 4.73. The van der Waals surface area contributed by atoms with E-state index in [0.717, 1.165) is 35.5 Å². The Kier molecular flexibility index (Phi) is 9.84. The Morgan fingerprint density at radius 3 is 1.32 bits per heavy atom. The van der Waals surface area contributed by atoms with Gasteiger partial charge < -0.3 is 26.4 Å². The summed E-state index contributed by atoms with van der Waals surface area (Å²) in [6.45, 7) is 5.11. The van der Waals surface area contributed by atoms with Gasteiger partial charge in [0.1, 0.15) is 11.5 Å². The molecule has 0 bridgehead atoms. The number of aromatic hydroxyl groups is 2. The van der Waals surface area contributed by atoms with Gasteiger partial charge in [-0.15, -0.1) is 11.6 Å². The summed E-state index contributed by atoms with van der Waals surface area (Å²) >= 11 is 5.27. The molecule has 1 aliphatic rings. The van der Waals surface area contributed by atoms with Crippen LogP contribution in [0.1, 0.15) is 36.1 Å². The number of phenols is 2. The van der Waals surface area contributed by atoms with E-state index in [1.54, 1.807) is 24.3 Å². The quantitative estimate of drug-likeness (QED) is 0.137. The lowest BCUT2D eigenvalue weighted by atomic mass is 9.78. The van der Waals surface area contributed by atoms with Crippen LogP contribution in [0.15, 0.2) is 97.1 Å². The number of phenolic OH excluding ortho intramolecular Hbond substituents is 2. The number of alkyl halides is 1. The minimum absolute atomic E-state index is 0.151. The second kappa shape index (κ2) is 13.0. The van der Waals surface area contributed by atoms with Crippen molar-refractivity contribution in [2.24, 2.45) is 0 Å². The Morgan fingerprint density at radius 2 is 1.05 bits per heavy atom. The molecule has 6 heteroatoms. The number of rotatable bonds is 5. The number of ether oxygens (including phenoxy) is 1. The summed E-state index contributed by atoms with van der Waals surface area (Å²) in [6, 6.07) is 30.3. The summed E-state index contributed by atoms with van der Waals surface area (Å²) in [6.07, 6.45) is 1.32. The predicted octanol–water partition coefficient (Wildman–Crippen LogP) is 6.49. The van der Waals surface area contributed by atoms with Gasteiger partial charge in [-0.2, -0.15) is 0 Å². The molecule has 0 aliphatic carbocycles. The minimum Gasteiger partial charge on any atom is -0.508 e. The highest BCUT2D eigenvalue weighted by atomic mass is 35.5. The van der Waals surface area contributed by atoms with E-state index in [2.05, 4.69) is 13.8 Å². The minimum atomic E-state index is -0.151. The summed E-state index contributed by atoms with van der Waals surface area (Å²) in [7, 11) is 0. The number of hydrogen-bond donors (Lipinski definition) is 4. The molecule has 1 heterocycles. The van der Waals surface area contributed by atoms with Crippen molar-refractivity contribution in [1.82, 2.24) is 0 Å². The van der Waals surface area contributed by atoms with Crippen molar-refractivity contribution >= 4 is 23.0 Å². The van der Waals surface area contributed by atoms with Crippen LogP contribution < -0.4 is 11.5 Å². The number of nitrogens with two attached hydrogens (primary N) is 2. The van der Waals surface area contributed by atoms with Crippen LogP contribution in [0.2, 0.25) is 0 Å². The molecule has 0 radical (unpaired) electrons. The molecule has 194 valence electrons. The van der Waals surface area contributed by atoms with Crippen molar-refractivity contribution in [3.8, 4) is 11.5 Å². The van der Waals surface area contributed by atoms with E-state index in [-0.39, 0.29) is 16.9 Å². The zero-order chi connectivity index (χ0) is 26.8. The Balaban J connectivity index is 0.000000174. The zero-order valence-corrected chi connectivity index (χ0v) is 22.0.